The zero-order valence-electron chi connectivity index (χ0n) is 10.6. The molecule has 0 bridgehead atoms. The maximum atomic E-state index is 12.9. The highest BCUT2D eigenvalue weighted by atomic mass is 32.2. The molecular weight excluding hydrogens is 291 g/mol. The predicted molar refractivity (Wildman–Crippen MR) is 69.2 cm³/mol. The minimum Gasteiger partial charge on any atom is -0.396 e. The second-order valence-electron chi connectivity index (χ2n) is 4.05. The summed E-state index contributed by atoms with van der Waals surface area (Å²) in [5.41, 5.74) is -0.798. The number of nitrogens with zero attached hydrogens (tertiary/aromatic N) is 1. The molecule has 0 radical (unpaired) electrons. The van der Waals surface area contributed by atoms with Gasteiger partial charge in [0.2, 0.25) is 10.0 Å². The first-order valence-corrected chi connectivity index (χ1v) is 7.41. The molecule has 0 saturated carbocycles. The van der Waals surface area contributed by atoms with Gasteiger partial charge >= 0.3 is 0 Å². The lowest BCUT2D eigenvalue weighted by molar-refractivity contribution is -0.388. The maximum absolute atomic E-state index is 12.9. The van der Waals surface area contributed by atoms with Crippen LogP contribution in [0.15, 0.2) is 23.1 Å². The van der Waals surface area contributed by atoms with Gasteiger partial charge in [-0.15, -0.1) is 0 Å². The largest absolute Gasteiger partial charge is 0.396 e. The fourth-order valence-corrected chi connectivity index (χ4v) is 2.78. The smallest absolute Gasteiger partial charge is 0.292 e. The number of nitrogens with one attached hydrogen (secondary N) is 1. The van der Waals surface area contributed by atoms with Crippen LogP contribution in [0, 0.1) is 15.9 Å². The first-order valence-electron chi connectivity index (χ1n) is 5.93. The molecular formula is C11H15FN2O5S. The average molecular weight is 306 g/mol. The van der Waals surface area contributed by atoms with Crippen LogP contribution in [0.4, 0.5) is 10.1 Å². The minimum absolute atomic E-state index is 0.0240. The van der Waals surface area contributed by atoms with Crippen molar-refractivity contribution < 1.29 is 22.8 Å². The third-order valence-electron chi connectivity index (χ3n) is 2.53. The second-order valence-corrected chi connectivity index (χ2v) is 5.79. The summed E-state index contributed by atoms with van der Waals surface area (Å²) >= 11 is 0. The van der Waals surface area contributed by atoms with Crippen LogP contribution in [0.2, 0.25) is 0 Å². The molecule has 0 heterocycles. The van der Waals surface area contributed by atoms with E-state index in [4.69, 9.17) is 5.11 Å². The highest BCUT2D eigenvalue weighted by Gasteiger charge is 2.25. The number of nitro groups is 1. The fraction of sp³-hybridized carbons (Fsp3) is 0.455. The first kappa shape index (κ1) is 16.5. The van der Waals surface area contributed by atoms with Crippen molar-refractivity contribution in [3.05, 3.63) is 34.1 Å². The standard InChI is InChI=1S/C11H15FN2O5S/c12-9-4-5-11(10(8-9)14(16)17)20(18,19)13-6-2-1-3-7-15/h4-5,8,13,15H,1-3,6-7H2. The van der Waals surface area contributed by atoms with Gasteiger partial charge in [-0.25, -0.2) is 17.5 Å². The van der Waals surface area contributed by atoms with Crippen LogP contribution >= 0.6 is 0 Å². The van der Waals surface area contributed by atoms with Crippen molar-refractivity contribution in [1.29, 1.82) is 0 Å². The molecule has 9 heteroatoms. The van der Waals surface area contributed by atoms with Crippen LogP contribution in [-0.4, -0.2) is 31.6 Å². The number of nitro benzene ring substituents is 1. The van der Waals surface area contributed by atoms with E-state index < -0.39 is 31.3 Å². The average Bonchev–Trinajstić information content (AvgIpc) is 2.38. The van der Waals surface area contributed by atoms with Crippen molar-refractivity contribution in [2.45, 2.75) is 24.2 Å². The van der Waals surface area contributed by atoms with E-state index in [0.29, 0.717) is 25.3 Å². The molecule has 2 N–H and O–H groups in total. The van der Waals surface area contributed by atoms with Gasteiger partial charge < -0.3 is 5.11 Å². The molecule has 0 aliphatic heterocycles. The number of rotatable bonds is 8. The topological polar surface area (TPSA) is 110 Å². The summed E-state index contributed by atoms with van der Waals surface area (Å²) in [5, 5.41) is 19.3. The number of halogens is 1. The summed E-state index contributed by atoms with van der Waals surface area (Å²) in [7, 11) is -4.06. The van der Waals surface area contributed by atoms with Crippen molar-refractivity contribution in [3.8, 4) is 0 Å². The van der Waals surface area contributed by atoms with Gasteiger partial charge in [-0.2, -0.15) is 0 Å². The number of unbranched alkanes of at least 4 members (excludes halogenated alkanes) is 2. The van der Waals surface area contributed by atoms with Crippen molar-refractivity contribution in [2.24, 2.45) is 0 Å². The van der Waals surface area contributed by atoms with Crippen LogP contribution in [0.25, 0.3) is 0 Å². The summed E-state index contributed by atoms with van der Waals surface area (Å²) in [6.45, 7) is 0.118. The van der Waals surface area contributed by atoms with E-state index in [1.54, 1.807) is 0 Å². The van der Waals surface area contributed by atoms with Gasteiger partial charge in [-0.05, 0) is 31.4 Å². The van der Waals surface area contributed by atoms with E-state index >= 15 is 0 Å². The van der Waals surface area contributed by atoms with E-state index in [9.17, 15) is 22.9 Å². The maximum Gasteiger partial charge on any atom is 0.292 e. The number of benzene rings is 1. The van der Waals surface area contributed by atoms with Gasteiger partial charge in [-0.1, -0.05) is 0 Å². The Kier molecular flexibility index (Phi) is 5.99. The normalized spacial score (nSPS) is 11.5. The molecule has 0 aromatic heterocycles. The molecule has 1 rings (SSSR count). The van der Waals surface area contributed by atoms with Crippen LogP contribution in [0.1, 0.15) is 19.3 Å². The van der Waals surface area contributed by atoms with E-state index in [-0.39, 0.29) is 13.2 Å². The lowest BCUT2D eigenvalue weighted by Crippen LogP contribution is -2.25. The molecule has 0 aliphatic carbocycles. The SMILES string of the molecule is O=[N+]([O-])c1cc(F)ccc1S(=O)(=O)NCCCCCO. The summed E-state index contributed by atoms with van der Waals surface area (Å²) in [4.78, 5) is 9.25. The first-order chi connectivity index (χ1) is 9.38. The molecule has 112 valence electrons. The number of aliphatic hydroxyl groups is 1. The Morgan fingerprint density at radius 3 is 2.60 bits per heavy atom. The van der Waals surface area contributed by atoms with Gasteiger partial charge in [0, 0.05) is 13.2 Å². The van der Waals surface area contributed by atoms with E-state index in [1.807, 2.05) is 0 Å². The molecule has 0 amide bonds. The molecule has 0 fully saturated rings. The van der Waals surface area contributed by atoms with Gasteiger partial charge in [0.1, 0.15) is 5.82 Å². The van der Waals surface area contributed by atoms with Crippen molar-refractivity contribution in [2.75, 3.05) is 13.2 Å². The molecule has 0 spiro atoms. The highest BCUT2D eigenvalue weighted by Crippen LogP contribution is 2.24. The zero-order valence-corrected chi connectivity index (χ0v) is 11.4. The Balaban J connectivity index is 2.84. The van der Waals surface area contributed by atoms with Gasteiger partial charge in [0.05, 0.1) is 11.0 Å². The fourth-order valence-electron chi connectivity index (χ4n) is 1.56. The lowest BCUT2D eigenvalue weighted by atomic mass is 10.2. The van der Waals surface area contributed by atoms with Crippen molar-refractivity contribution in [3.63, 3.8) is 0 Å². The van der Waals surface area contributed by atoms with Crippen molar-refractivity contribution >= 4 is 15.7 Å². The number of hydrogen-bond donors (Lipinski definition) is 2. The Morgan fingerprint density at radius 1 is 1.30 bits per heavy atom. The molecule has 1 aromatic carbocycles. The van der Waals surface area contributed by atoms with E-state index in [1.165, 1.54) is 0 Å². The van der Waals surface area contributed by atoms with Crippen LogP contribution in [0.5, 0.6) is 0 Å². The summed E-state index contributed by atoms with van der Waals surface area (Å²) in [6, 6.07) is 2.29. The summed E-state index contributed by atoms with van der Waals surface area (Å²) < 4.78 is 39.0. The predicted octanol–water partition coefficient (Wildman–Crippen LogP) is 1.17. The molecule has 20 heavy (non-hydrogen) atoms. The minimum atomic E-state index is -4.06. The zero-order chi connectivity index (χ0) is 15.2. The molecule has 7 nitrogen and oxygen atoms in total. The van der Waals surface area contributed by atoms with E-state index in [2.05, 4.69) is 4.72 Å². The number of aliphatic hydroxyl groups excluding tert-OH is 1. The molecule has 0 saturated heterocycles. The quantitative estimate of drug-likeness (QED) is 0.426. The Morgan fingerprint density at radius 2 is 2.00 bits per heavy atom. The Labute approximate surface area is 115 Å². The molecule has 0 unspecified atom stereocenters. The number of sulfonamides is 1. The lowest BCUT2D eigenvalue weighted by Gasteiger charge is -2.07. The molecule has 0 aliphatic rings. The molecule has 0 atom stereocenters. The Bertz CT molecular complexity index is 576. The molecule has 1 aromatic rings. The summed E-state index contributed by atoms with van der Waals surface area (Å²) in [6.07, 6.45) is 1.68. The van der Waals surface area contributed by atoms with Gasteiger partial charge in [-0.3, -0.25) is 10.1 Å². The third-order valence-corrected chi connectivity index (χ3v) is 4.04. The van der Waals surface area contributed by atoms with Crippen LogP contribution < -0.4 is 4.72 Å². The number of hydrogen-bond acceptors (Lipinski definition) is 5. The summed E-state index contributed by atoms with van der Waals surface area (Å²) in [5.74, 6) is -0.876. The van der Waals surface area contributed by atoms with Crippen molar-refractivity contribution in [1.82, 2.24) is 4.72 Å². The van der Waals surface area contributed by atoms with Crippen LogP contribution in [-0.2, 0) is 10.0 Å². The van der Waals surface area contributed by atoms with Gasteiger partial charge in [0.15, 0.2) is 4.90 Å². The Hall–Kier alpha value is -1.58. The third kappa shape index (κ3) is 4.51. The highest BCUT2D eigenvalue weighted by molar-refractivity contribution is 7.89. The van der Waals surface area contributed by atoms with Crippen LogP contribution in [0.3, 0.4) is 0 Å². The monoisotopic (exact) mass is 306 g/mol. The van der Waals surface area contributed by atoms with Gasteiger partial charge in [0.25, 0.3) is 5.69 Å². The van der Waals surface area contributed by atoms with E-state index in [0.717, 1.165) is 12.1 Å². The second kappa shape index (κ2) is 7.27.